The number of rotatable bonds is 15. The van der Waals surface area contributed by atoms with E-state index in [1.54, 1.807) is 12.7 Å². The molecule has 14 heteroatoms. The highest BCUT2D eigenvalue weighted by atomic mass is 32.2. The second kappa shape index (κ2) is 26.7. The molecule has 9 aliphatic carbocycles. The molecule has 0 saturated heterocycles. The fourth-order valence-corrected chi connectivity index (χ4v) is 23.4. The third-order valence-corrected chi connectivity index (χ3v) is 34.2. The molecule has 0 radical (unpaired) electrons. The fourth-order valence-electron chi connectivity index (χ4n) is 21.9. The Labute approximate surface area is 537 Å². The van der Waals surface area contributed by atoms with Crippen molar-refractivity contribution in [3.8, 4) is 0 Å². The smallest absolute Gasteiger partial charge is 0.264 e. The largest absolute Gasteiger partial charge is 0.417 e. The van der Waals surface area contributed by atoms with Crippen molar-refractivity contribution in [3.05, 3.63) is 61.8 Å². The maximum atomic E-state index is 12.0. The Balaban J connectivity index is 0.000000158. The van der Waals surface area contributed by atoms with Gasteiger partial charge in [-0.25, -0.2) is 9.97 Å². The van der Waals surface area contributed by atoms with Gasteiger partial charge in [-0.1, -0.05) is 139 Å². The van der Waals surface area contributed by atoms with Crippen molar-refractivity contribution < 1.29 is 27.2 Å². The van der Waals surface area contributed by atoms with Gasteiger partial charge in [-0.3, -0.25) is 13.5 Å². The quantitative estimate of drug-likeness (QED) is 0.100. The average Bonchev–Trinajstić information content (AvgIpc) is 1.34. The molecule has 498 valence electrons. The van der Waals surface area contributed by atoms with E-state index in [2.05, 4.69) is 141 Å². The van der Waals surface area contributed by atoms with E-state index < -0.39 is 18.4 Å². The molecule has 2 aromatic rings. The first kappa shape index (κ1) is 69.8. The molecule has 0 amide bonds. The van der Waals surface area contributed by atoms with Gasteiger partial charge in [0.1, 0.15) is 25.3 Å². The van der Waals surface area contributed by atoms with Crippen LogP contribution in [-0.4, -0.2) is 88.7 Å². The van der Waals surface area contributed by atoms with Gasteiger partial charge in [0.15, 0.2) is 8.32 Å². The summed E-state index contributed by atoms with van der Waals surface area (Å²) < 4.78 is 40.6. The summed E-state index contributed by atoms with van der Waals surface area (Å²) in [5, 5.41) is 29.5. The number of nitrogens with zero attached hydrogens (tertiary/aromatic N) is 6. The number of aliphatic hydroxyl groups is 2. The van der Waals surface area contributed by atoms with Gasteiger partial charge >= 0.3 is 0 Å². The van der Waals surface area contributed by atoms with E-state index in [-0.39, 0.29) is 51.2 Å². The number of allylic oxidation sites excluding steroid dienone is 3. The Kier molecular flexibility index (Phi) is 21.2. The normalized spacial score (nSPS) is 43.0. The minimum atomic E-state index is -3.47. The van der Waals surface area contributed by atoms with Gasteiger partial charge < -0.3 is 14.6 Å². The minimum Gasteiger partial charge on any atom is -0.417 e. The summed E-state index contributed by atoms with van der Waals surface area (Å²) in [4.78, 5) is 8.40. The lowest BCUT2D eigenvalue weighted by molar-refractivity contribution is -0.0981. The molecule has 88 heavy (non-hydrogen) atoms. The highest BCUT2D eigenvalue weighted by Crippen LogP contribution is 2.67. The van der Waals surface area contributed by atoms with E-state index in [1.807, 2.05) is 17.3 Å². The van der Waals surface area contributed by atoms with Crippen LogP contribution in [0, 0.1) is 115 Å². The number of fused-ring (bicyclic) bond motifs is 3. The van der Waals surface area contributed by atoms with E-state index in [0.29, 0.717) is 64.8 Å². The van der Waals surface area contributed by atoms with Crippen LogP contribution in [0.5, 0.6) is 0 Å². The average molecular weight is 1260 g/mol. The standard InChI is InChI=1S/C28H52O4SSi.C24H39N3.C22H35N3O2/c1-20-13-15-28(7,22(17-20)18-32-34(9,10)26(3,4)5)25-14-16-27(6)21(2)11-12-24(27)23(25)19-31-33(8,29)30;1-6-19-13-17(2)9-11-24(19,5)22-10-12-23(4)18(3)7-8-21(23)20(22)14-27-16-25-15-26-27;1-15-4-5-19-18(11-25-14-23-13-24-25)20(7-9-21(15,19)2)22(3)8-6-17(27)10-16(22)12-26/h20,22-25H,2,11-19H2,1,3-10H3;15-17,19-22H,3,6-14H2,1-2,4-5H3;13-14,16-20,26-27H,1,4-12H2,2-3H3/t20-,22+,23-,24-,25-,27+,28-;17-,19-,20-,21-,22-,23+,24-;16-,17+,18+,19+,20+,21-,22+/m001/s1. The Morgan fingerprint density at radius 2 is 1.00 bits per heavy atom. The van der Waals surface area contributed by atoms with E-state index in [4.69, 9.17) is 8.61 Å². The van der Waals surface area contributed by atoms with E-state index in [0.717, 1.165) is 94.7 Å². The van der Waals surface area contributed by atoms with Crippen LogP contribution in [0.2, 0.25) is 18.1 Å². The van der Waals surface area contributed by atoms with Crippen LogP contribution in [0.1, 0.15) is 224 Å². The molecule has 0 spiro atoms. The zero-order valence-corrected chi connectivity index (χ0v) is 60.1. The van der Waals surface area contributed by atoms with Crippen LogP contribution in [0.3, 0.4) is 0 Å². The van der Waals surface area contributed by atoms with E-state index >= 15 is 0 Å². The predicted molar refractivity (Wildman–Crippen MR) is 361 cm³/mol. The Hall–Kier alpha value is -2.49. The Bertz CT molecular complexity index is 2690. The highest BCUT2D eigenvalue weighted by molar-refractivity contribution is 7.86. The molecule has 11 rings (SSSR count). The van der Waals surface area contributed by atoms with Crippen LogP contribution in [-0.2, 0) is 31.8 Å². The molecule has 0 bridgehead atoms. The first-order valence-corrected chi connectivity index (χ1v) is 40.4. The number of hydrogen-bond acceptors (Lipinski definition) is 10. The number of hydrogen-bond donors (Lipinski definition) is 2. The fraction of sp³-hybridized carbons (Fsp3) is 0.865. The topological polar surface area (TPSA) is 154 Å². The zero-order valence-electron chi connectivity index (χ0n) is 58.3. The van der Waals surface area contributed by atoms with Gasteiger partial charge in [0.05, 0.1) is 19.0 Å². The summed E-state index contributed by atoms with van der Waals surface area (Å²) in [7, 11) is -5.31. The lowest BCUT2D eigenvalue weighted by Gasteiger charge is -2.57. The first-order chi connectivity index (χ1) is 41.2. The lowest BCUT2D eigenvalue weighted by atomic mass is 9.48. The molecule has 0 unspecified atom stereocenters. The third-order valence-electron chi connectivity index (χ3n) is 29.2. The van der Waals surface area contributed by atoms with Gasteiger partial charge in [-0.2, -0.15) is 18.6 Å². The predicted octanol–water partition coefficient (Wildman–Crippen LogP) is 17.0. The summed E-state index contributed by atoms with van der Waals surface area (Å²) in [5.41, 5.74) is 5.71. The Morgan fingerprint density at radius 3 is 1.41 bits per heavy atom. The zero-order chi connectivity index (χ0) is 64.2. The summed E-state index contributed by atoms with van der Waals surface area (Å²) in [6, 6.07) is 0. The molecule has 12 nitrogen and oxygen atoms in total. The van der Waals surface area contributed by atoms with Crippen LogP contribution < -0.4 is 0 Å². The van der Waals surface area contributed by atoms with Gasteiger partial charge in [0.2, 0.25) is 0 Å². The lowest BCUT2D eigenvalue weighted by Crippen LogP contribution is -2.52. The van der Waals surface area contributed by atoms with Crippen molar-refractivity contribution in [1.29, 1.82) is 0 Å². The van der Waals surface area contributed by atoms with Gasteiger partial charge in [-0.05, 0) is 255 Å². The number of aromatic nitrogens is 6. The van der Waals surface area contributed by atoms with Crippen molar-refractivity contribution in [2.75, 3.05) is 26.1 Å². The maximum Gasteiger partial charge on any atom is 0.264 e. The van der Waals surface area contributed by atoms with Crippen molar-refractivity contribution in [2.24, 2.45) is 115 Å². The van der Waals surface area contributed by atoms with Crippen molar-refractivity contribution in [3.63, 3.8) is 0 Å². The van der Waals surface area contributed by atoms with Crippen LogP contribution in [0.25, 0.3) is 0 Å². The molecule has 0 aromatic carbocycles. The van der Waals surface area contributed by atoms with Crippen LogP contribution >= 0.6 is 0 Å². The summed E-state index contributed by atoms with van der Waals surface area (Å²) >= 11 is 0. The highest BCUT2D eigenvalue weighted by Gasteiger charge is 2.60. The molecule has 0 aliphatic heterocycles. The van der Waals surface area contributed by atoms with E-state index in [1.165, 1.54) is 113 Å². The van der Waals surface area contributed by atoms with Crippen molar-refractivity contribution in [1.82, 2.24) is 29.5 Å². The third kappa shape index (κ3) is 13.7. The van der Waals surface area contributed by atoms with Crippen molar-refractivity contribution >= 4 is 18.4 Å². The molecule has 2 aromatic heterocycles. The molecule has 9 saturated carbocycles. The number of aliphatic hydroxyl groups excluding tert-OH is 2. The van der Waals surface area contributed by atoms with Crippen molar-refractivity contribution in [2.45, 2.75) is 262 Å². The second-order valence-corrected chi connectivity index (χ2v) is 41.1. The molecule has 2 heterocycles. The summed E-state index contributed by atoms with van der Waals surface area (Å²) in [5.74, 6) is 8.29. The van der Waals surface area contributed by atoms with Crippen LogP contribution in [0.15, 0.2) is 61.8 Å². The van der Waals surface area contributed by atoms with Gasteiger partial charge in [0.25, 0.3) is 10.1 Å². The Morgan fingerprint density at radius 1 is 0.591 bits per heavy atom. The molecule has 21 atom stereocenters. The van der Waals surface area contributed by atoms with Gasteiger partial charge in [0, 0.05) is 26.3 Å². The molecular formula is C74H126N6O6SSi. The molecule has 9 aliphatic rings. The van der Waals surface area contributed by atoms with Crippen LogP contribution in [0.4, 0.5) is 0 Å². The molecule has 9 fully saturated rings. The maximum absolute atomic E-state index is 12.0. The first-order valence-electron chi connectivity index (χ1n) is 35.6. The molecule has 2 N–H and O–H groups in total. The summed E-state index contributed by atoms with van der Waals surface area (Å²) in [6.07, 6.45) is 34.3. The minimum absolute atomic E-state index is 0.0739. The monoisotopic (exact) mass is 1250 g/mol. The SMILES string of the molecule is C=C1CC[C@H]2[C@H](COS(C)(=O)=O)[C@@H]([C@@]3(C)CC[C@H](C)C[C@@H]3CO[Si](C)(C)C(C)(C)C)CC[C@]12C.C=C1CC[C@H]2[C@H](Cn3cncn3)[C@@H]([C@@]3(C)CC[C@H](C)C[C@@H]3CC)CC[C@]12C.C=C1CC[C@H]2[C@H](Cn3cncn3)[C@@H]([C@@]3(C)CC[C@H](O)C[C@@H]3CO)CC[C@]12C. The summed E-state index contributed by atoms with van der Waals surface area (Å²) in [6.45, 7) is 50.4. The van der Waals surface area contributed by atoms with E-state index in [9.17, 15) is 18.6 Å². The van der Waals surface area contributed by atoms with Gasteiger partial charge in [-0.15, -0.1) is 0 Å². The second-order valence-electron chi connectivity index (χ2n) is 34.6. The molecular weight excluding hydrogens is 1130 g/mol.